The first-order chi connectivity index (χ1) is 11.1. The van der Waals surface area contributed by atoms with E-state index in [0.717, 1.165) is 11.1 Å². The van der Waals surface area contributed by atoms with Crippen LogP contribution in [0.15, 0.2) is 36.4 Å². The lowest BCUT2D eigenvalue weighted by Crippen LogP contribution is -1.96. The van der Waals surface area contributed by atoms with Crippen LogP contribution < -0.4 is 0 Å². The molecular formula is C18H20Cl2FNO2. The smallest absolute Gasteiger partial charge is 0.258 e. The number of halogens is 3. The van der Waals surface area contributed by atoms with Gasteiger partial charge in [-0.15, -0.1) is 0 Å². The Bertz CT molecular complexity index is 718. The van der Waals surface area contributed by atoms with Gasteiger partial charge in [0, 0.05) is 21.7 Å². The van der Waals surface area contributed by atoms with Crippen LogP contribution in [0.1, 0.15) is 50.7 Å². The van der Waals surface area contributed by atoms with Crippen molar-refractivity contribution in [1.82, 2.24) is 0 Å². The number of hydrogen-bond acceptors (Lipinski definition) is 2. The molecule has 0 heterocycles. The van der Waals surface area contributed by atoms with Crippen LogP contribution in [0.5, 0.6) is 0 Å². The Hall–Kier alpha value is -1.65. The number of benzene rings is 2. The summed E-state index contributed by atoms with van der Waals surface area (Å²) in [6.45, 7) is 7.73. The summed E-state index contributed by atoms with van der Waals surface area (Å²) in [6.07, 6.45) is 0. The first kappa shape index (κ1) is 20.4. The van der Waals surface area contributed by atoms with Gasteiger partial charge in [0.2, 0.25) is 0 Å². The lowest BCUT2D eigenvalue weighted by molar-refractivity contribution is -0.385. The summed E-state index contributed by atoms with van der Waals surface area (Å²) in [5.41, 5.74) is 1.53. The zero-order valence-electron chi connectivity index (χ0n) is 14.0. The van der Waals surface area contributed by atoms with Gasteiger partial charge in [-0.1, -0.05) is 63.0 Å². The van der Waals surface area contributed by atoms with E-state index in [2.05, 4.69) is 0 Å². The van der Waals surface area contributed by atoms with Crippen molar-refractivity contribution in [2.75, 3.05) is 0 Å². The monoisotopic (exact) mass is 371 g/mol. The summed E-state index contributed by atoms with van der Waals surface area (Å²) in [4.78, 5) is 10.2. The third kappa shape index (κ3) is 5.77. The Morgan fingerprint density at radius 1 is 0.917 bits per heavy atom. The van der Waals surface area contributed by atoms with E-state index in [-0.39, 0.29) is 23.3 Å². The molecule has 0 aliphatic heterocycles. The van der Waals surface area contributed by atoms with Crippen LogP contribution in [0.25, 0.3) is 0 Å². The van der Waals surface area contributed by atoms with Gasteiger partial charge in [0.25, 0.3) is 5.69 Å². The zero-order chi connectivity index (χ0) is 18.4. The highest BCUT2D eigenvalue weighted by molar-refractivity contribution is 6.31. The van der Waals surface area contributed by atoms with Gasteiger partial charge in [-0.2, -0.15) is 0 Å². The fourth-order valence-electron chi connectivity index (χ4n) is 2.13. The molecule has 0 spiro atoms. The minimum Gasteiger partial charge on any atom is -0.258 e. The van der Waals surface area contributed by atoms with Crippen LogP contribution in [0, 0.1) is 15.9 Å². The van der Waals surface area contributed by atoms with E-state index < -0.39 is 4.92 Å². The van der Waals surface area contributed by atoms with Gasteiger partial charge in [0.15, 0.2) is 0 Å². The highest BCUT2D eigenvalue weighted by atomic mass is 35.5. The zero-order valence-corrected chi connectivity index (χ0v) is 15.5. The molecule has 0 unspecified atom stereocenters. The third-order valence-corrected chi connectivity index (χ3v) is 3.87. The Balaban J connectivity index is 0.000000243. The number of nitrogens with zero attached hydrogens (tertiary/aromatic N) is 1. The molecule has 0 aliphatic rings. The fourth-order valence-corrected chi connectivity index (χ4v) is 2.46. The Labute approximate surface area is 151 Å². The Morgan fingerprint density at radius 2 is 1.38 bits per heavy atom. The van der Waals surface area contributed by atoms with Crippen LogP contribution in [-0.2, 0) is 0 Å². The lowest BCUT2D eigenvalue weighted by Gasteiger charge is -2.05. The summed E-state index contributed by atoms with van der Waals surface area (Å²) in [7, 11) is 0. The SMILES string of the molecule is CC(C)c1ccc(Cl)cc1F.CC(C)c1ccc(Cl)cc1[N+](=O)[O-]. The van der Waals surface area contributed by atoms with Crippen LogP contribution in [-0.4, -0.2) is 4.92 Å². The van der Waals surface area contributed by atoms with Crippen molar-refractivity contribution >= 4 is 28.9 Å². The van der Waals surface area contributed by atoms with Gasteiger partial charge in [0.05, 0.1) is 4.92 Å². The molecule has 2 rings (SSSR count). The maximum absolute atomic E-state index is 13.0. The molecule has 2 aromatic rings. The van der Waals surface area contributed by atoms with Crippen LogP contribution in [0.4, 0.5) is 10.1 Å². The Morgan fingerprint density at radius 3 is 1.79 bits per heavy atom. The van der Waals surface area contributed by atoms with Gasteiger partial charge in [-0.25, -0.2) is 4.39 Å². The number of nitro benzene ring substituents is 1. The van der Waals surface area contributed by atoms with Crippen molar-refractivity contribution in [2.45, 2.75) is 39.5 Å². The second-order valence-electron chi connectivity index (χ2n) is 5.94. The molecule has 130 valence electrons. The van der Waals surface area contributed by atoms with Crippen molar-refractivity contribution in [3.63, 3.8) is 0 Å². The fraction of sp³-hybridized carbons (Fsp3) is 0.333. The molecule has 3 nitrogen and oxygen atoms in total. The van der Waals surface area contributed by atoms with E-state index in [9.17, 15) is 14.5 Å². The summed E-state index contributed by atoms with van der Waals surface area (Å²) in [5, 5.41) is 11.5. The quantitative estimate of drug-likeness (QED) is 0.431. The molecule has 0 amide bonds. The van der Waals surface area contributed by atoms with Crippen molar-refractivity contribution in [1.29, 1.82) is 0 Å². The molecule has 0 N–H and O–H groups in total. The van der Waals surface area contributed by atoms with Gasteiger partial charge >= 0.3 is 0 Å². The van der Waals surface area contributed by atoms with E-state index in [0.29, 0.717) is 10.0 Å². The maximum Gasteiger partial charge on any atom is 0.274 e. The summed E-state index contributed by atoms with van der Waals surface area (Å²) in [5.74, 6) is 0.137. The molecule has 0 saturated carbocycles. The minimum atomic E-state index is -0.402. The average Bonchev–Trinajstić information content (AvgIpc) is 2.46. The predicted octanol–water partition coefficient (Wildman–Crippen LogP) is 6.97. The highest BCUT2D eigenvalue weighted by Gasteiger charge is 2.16. The van der Waals surface area contributed by atoms with Gasteiger partial charge in [0.1, 0.15) is 5.82 Å². The number of nitro groups is 1. The van der Waals surface area contributed by atoms with Crippen molar-refractivity contribution in [3.8, 4) is 0 Å². The van der Waals surface area contributed by atoms with E-state index in [1.165, 1.54) is 12.1 Å². The predicted molar refractivity (Wildman–Crippen MR) is 97.7 cm³/mol. The Kier molecular flexibility index (Phi) is 7.64. The first-order valence-corrected chi connectivity index (χ1v) is 8.27. The molecule has 24 heavy (non-hydrogen) atoms. The molecule has 2 aromatic carbocycles. The van der Waals surface area contributed by atoms with Crippen molar-refractivity contribution < 1.29 is 9.31 Å². The molecule has 0 fully saturated rings. The third-order valence-electron chi connectivity index (χ3n) is 3.40. The van der Waals surface area contributed by atoms with Gasteiger partial charge < -0.3 is 0 Å². The maximum atomic E-state index is 13.0. The molecule has 0 aliphatic carbocycles. The molecule has 0 aromatic heterocycles. The lowest BCUT2D eigenvalue weighted by atomic mass is 10.0. The average molecular weight is 372 g/mol. The topological polar surface area (TPSA) is 43.1 Å². The molecule has 0 bridgehead atoms. The van der Waals surface area contributed by atoms with Crippen molar-refractivity contribution in [2.24, 2.45) is 0 Å². The minimum absolute atomic E-state index is 0.0995. The molecule has 0 radical (unpaired) electrons. The molecule has 0 atom stereocenters. The standard InChI is InChI=1S/C9H10ClF.C9H10ClNO2/c1-6(2)8-4-3-7(10)5-9(8)11;1-6(2)8-4-3-7(10)5-9(8)11(12)13/h3-6H,1-2H3;3-6H,1-2H3. The van der Waals surface area contributed by atoms with E-state index in [4.69, 9.17) is 23.2 Å². The number of hydrogen-bond donors (Lipinski definition) is 0. The molecule has 0 saturated heterocycles. The molecule has 6 heteroatoms. The van der Waals surface area contributed by atoms with E-state index in [1.54, 1.807) is 24.3 Å². The summed E-state index contributed by atoms with van der Waals surface area (Å²) < 4.78 is 13.0. The van der Waals surface area contributed by atoms with Crippen molar-refractivity contribution in [3.05, 3.63) is 73.5 Å². The first-order valence-electron chi connectivity index (χ1n) is 7.52. The summed E-state index contributed by atoms with van der Waals surface area (Å²) in [6, 6.07) is 9.53. The van der Waals surface area contributed by atoms with E-state index in [1.807, 2.05) is 27.7 Å². The van der Waals surface area contributed by atoms with Crippen LogP contribution >= 0.6 is 23.2 Å². The highest BCUT2D eigenvalue weighted by Crippen LogP contribution is 2.28. The van der Waals surface area contributed by atoms with Gasteiger partial charge in [-0.05, 0) is 35.6 Å². The molecular weight excluding hydrogens is 352 g/mol. The van der Waals surface area contributed by atoms with E-state index >= 15 is 0 Å². The second kappa shape index (κ2) is 9.00. The normalized spacial score (nSPS) is 10.5. The summed E-state index contributed by atoms with van der Waals surface area (Å²) >= 11 is 11.2. The van der Waals surface area contributed by atoms with Crippen LogP contribution in [0.2, 0.25) is 10.0 Å². The van der Waals surface area contributed by atoms with Crippen LogP contribution in [0.3, 0.4) is 0 Å². The largest absolute Gasteiger partial charge is 0.274 e. The number of rotatable bonds is 3. The second-order valence-corrected chi connectivity index (χ2v) is 6.81. The van der Waals surface area contributed by atoms with Gasteiger partial charge in [-0.3, -0.25) is 10.1 Å².